The van der Waals surface area contributed by atoms with Crippen LogP contribution in [0, 0.1) is 11.8 Å². The van der Waals surface area contributed by atoms with Crippen molar-refractivity contribution in [3.8, 4) is 11.8 Å². The van der Waals surface area contributed by atoms with Gasteiger partial charge in [-0.25, -0.2) is 14.6 Å². The van der Waals surface area contributed by atoms with Gasteiger partial charge in [0.05, 0.1) is 29.6 Å². The summed E-state index contributed by atoms with van der Waals surface area (Å²) in [5.41, 5.74) is 9.08. The van der Waals surface area contributed by atoms with Crippen molar-refractivity contribution in [1.29, 1.82) is 0 Å². The van der Waals surface area contributed by atoms with Crippen molar-refractivity contribution < 1.29 is 9.53 Å². The van der Waals surface area contributed by atoms with E-state index in [1.54, 1.807) is 12.0 Å². The molecule has 178 valence electrons. The van der Waals surface area contributed by atoms with Crippen LogP contribution < -0.4 is 5.73 Å². The molecule has 0 aliphatic carbocycles. The van der Waals surface area contributed by atoms with Crippen molar-refractivity contribution in [2.75, 3.05) is 26.0 Å². The molecule has 2 N–H and O–H groups in total. The number of hydrogen-bond acceptors (Lipinski definition) is 7. The number of carbonyl (C=O) groups is 1. The number of aryl methyl sites for hydroxylation is 1. The second kappa shape index (κ2) is 9.19. The summed E-state index contributed by atoms with van der Waals surface area (Å²) >= 11 is 0. The number of nitrogens with two attached hydrogens (primary N) is 1. The Morgan fingerprint density at radius 3 is 2.94 bits per heavy atom. The summed E-state index contributed by atoms with van der Waals surface area (Å²) in [5.74, 6) is 6.54. The quantitative estimate of drug-likeness (QED) is 0.351. The minimum absolute atomic E-state index is 0.0840. The molecule has 1 saturated heterocycles. The van der Waals surface area contributed by atoms with Gasteiger partial charge in [0, 0.05) is 37.3 Å². The van der Waals surface area contributed by atoms with Crippen molar-refractivity contribution in [3.63, 3.8) is 0 Å². The molecular formula is C25H26N8O2. The third-order valence-corrected chi connectivity index (χ3v) is 6.27. The molecule has 1 unspecified atom stereocenters. The molecule has 0 bridgehead atoms. The van der Waals surface area contributed by atoms with Gasteiger partial charge in [0.25, 0.3) is 0 Å². The van der Waals surface area contributed by atoms with E-state index in [1.807, 2.05) is 33.8 Å². The zero-order valence-corrected chi connectivity index (χ0v) is 19.7. The van der Waals surface area contributed by atoms with Gasteiger partial charge in [-0.2, -0.15) is 10.2 Å². The Hall–Kier alpha value is -4.23. The summed E-state index contributed by atoms with van der Waals surface area (Å²) < 4.78 is 9.05. The number of ether oxygens (including phenoxy) is 1. The van der Waals surface area contributed by atoms with Crippen LogP contribution in [0.3, 0.4) is 0 Å². The lowest BCUT2D eigenvalue weighted by Crippen LogP contribution is -2.37. The molecule has 4 aromatic rings. The van der Waals surface area contributed by atoms with Crippen LogP contribution in [0.15, 0.2) is 43.4 Å². The van der Waals surface area contributed by atoms with Crippen LogP contribution in [0.25, 0.3) is 21.9 Å². The van der Waals surface area contributed by atoms with Crippen molar-refractivity contribution >= 4 is 33.7 Å². The molecule has 1 fully saturated rings. The molecule has 2 atom stereocenters. The maximum absolute atomic E-state index is 12.4. The van der Waals surface area contributed by atoms with Gasteiger partial charge in [0.15, 0.2) is 5.65 Å². The number of hydrogen-bond donors (Lipinski definition) is 1. The lowest BCUT2D eigenvalue weighted by Gasteiger charge is -2.22. The SMILES string of the molecule is C=CC(=O)N1CC(n2nc(C#Cc3ccc4nn(CC)cc4c3)c3c(N)ncnc32)C[C@@H]1COC. The predicted octanol–water partition coefficient (Wildman–Crippen LogP) is 2.15. The minimum Gasteiger partial charge on any atom is -0.383 e. The zero-order valence-electron chi connectivity index (χ0n) is 19.7. The Morgan fingerprint density at radius 1 is 1.31 bits per heavy atom. The average Bonchev–Trinajstić information content (AvgIpc) is 3.57. The largest absolute Gasteiger partial charge is 0.383 e. The fraction of sp³-hybridized carbons (Fsp3) is 0.320. The van der Waals surface area contributed by atoms with Crippen LogP contribution in [-0.2, 0) is 16.1 Å². The standard InChI is InChI=1S/C25H26N8O2/c1-4-22(34)32-13-18(11-19(32)14-35-3)33-25-23(24(26)27-15-28-25)21(30-33)9-7-16-6-8-20-17(10-16)12-31(5-2)29-20/h4,6,8,10,12,15,18-19H,1,5,11,13-14H2,2-3H3,(H2,26,27,28)/t18?,19-/m1/s1. The zero-order chi connectivity index (χ0) is 24.5. The molecule has 1 amide bonds. The lowest BCUT2D eigenvalue weighted by molar-refractivity contribution is -0.127. The van der Waals surface area contributed by atoms with Crippen molar-refractivity contribution in [2.24, 2.45) is 0 Å². The van der Waals surface area contributed by atoms with Crippen LogP contribution in [-0.4, -0.2) is 66.6 Å². The average molecular weight is 471 g/mol. The molecule has 35 heavy (non-hydrogen) atoms. The number of likely N-dealkylation sites (tertiary alicyclic amines) is 1. The first kappa shape index (κ1) is 22.6. The first-order valence-electron chi connectivity index (χ1n) is 11.4. The number of nitrogens with zero attached hydrogens (tertiary/aromatic N) is 7. The van der Waals surface area contributed by atoms with Gasteiger partial charge in [0.2, 0.25) is 5.91 Å². The van der Waals surface area contributed by atoms with E-state index in [0.717, 1.165) is 23.0 Å². The highest BCUT2D eigenvalue weighted by Crippen LogP contribution is 2.32. The van der Waals surface area contributed by atoms with E-state index >= 15 is 0 Å². The van der Waals surface area contributed by atoms with E-state index in [4.69, 9.17) is 15.6 Å². The molecule has 5 rings (SSSR count). The monoisotopic (exact) mass is 470 g/mol. The highest BCUT2D eigenvalue weighted by Gasteiger charge is 2.37. The molecule has 0 saturated carbocycles. The summed E-state index contributed by atoms with van der Waals surface area (Å²) in [5, 5.41) is 10.9. The Labute approximate surface area is 202 Å². The number of fused-ring (bicyclic) bond motifs is 2. The van der Waals surface area contributed by atoms with E-state index in [0.29, 0.717) is 42.1 Å². The fourth-order valence-corrected chi connectivity index (χ4v) is 4.59. The molecule has 0 radical (unpaired) electrons. The van der Waals surface area contributed by atoms with Gasteiger partial charge < -0.3 is 15.4 Å². The minimum atomic E-state index is -0.137. The number of aromatic nitrogens is 6. The molecule has 10 heteroatoms. The molecule has 1 aliphatic heterocycles. The molecule has 1 aliphatic rings. The van der Waals surface area contributed by atoms with Crippen LogP contribution >= 0.6 is 0 Å². The number of benzene rings is 1. The summed E-state index contributed by atoms with van der Waals surface area (Å²) in [7, 11) is 1.62. The van der Waals surface area contributed by atoms with Crippen LogP contribution in [0.1, 0.15) is 30.6 Å². The normalized spacial score (nSPS) is 17.6. The maximum atomic E-state index is 12.4. The van der Waals surface area contributed by atoms with Gasteiger partial charge in [0.1, 0.15) is 17.8 Å². The number of nitrogen functional groups attached to an aromatic ring is 1. The summed E-state index contributed by atoms with van der Waals surface area (Å²) in [6.07, 6.45) is 5.41. The number of methoxy groups -OCH3 is 1. The highest BCUT2D eigenvalue weighted by molar-refractivity contribution is 5.91. The van der Waals surface area contributed by atoms with Crippen molar-refractivity contribution in [3.05, 3.63) is 54.6 Å². The summed E-state index contributed by atoms with van der Waals surface area (Å²) in [4.78, 5) is 22.8. The molecule has 3 aromatic heterocycles. The predicted molar refractivity (Wildman–Crippen MR) is 132 cm³/mol. The Morgan fingerprint density at radius 2 is 2.17 bits per heavy atom. The fourth-order valence-electron chi connectivity index (χ4n) is 4.59. The Bertz CT molecular complexity index is 1490. The smallest absolute Gasteiger partial charge is 0.246 e. The molecule has 0 spiro atoms. The molecule has 4 heterocycles. The van der Waals surface area contributed by atoms with Gasteiger partial charge in [-0.1, -0.05) is 12.5 Å². The summed E-state index contributed by atoms with van der Waals surface area (Å²) in [6.45, 7) is 7.37. The lowest BCUT2D eigenvalue weighted by atomic mass is 10.1. The first-order chi connectivity index (χ1) is 17.0. The number of carbonyl (C=O) groups excluding carboxylic acids is 1. The van der Waals surface area contributed by atoms with Crippen molar-refractivity contribution in [2.45, 2.75) is 32.0 Å². The van der Waals surface area contributed by atoms with Gasteiger partial charge >= 0.3 is 0 Å². The first-order valence-corrected chi connectivity index (χ1v) is 11.4. The highest BCUT2D eigenvalue weighted by atomic mass is 16.5. The van der Waals surface area contributed by atoms with Crippen LogP contribution in [0.4, 0.5) is 5.82 Å². The second-order valence-electron chi connectivity index (χ2n) is 8.45. The van der Waals surface area contributed by atoms with E-state index in [1.165, 1.54) is 12.4 Å². The second-order valence-corrected chi connectivity index (χ2v) is 8.45. The Balaban J connectivity index is 1.53. The Kier molecular flexibility index (Phi) is 5.93. The van der Waals surface area contributed by atoms with E-state index < -0.39 is 0 Å². The van der Waals surface area contributed by atoms with Gasteiger partial charge in [-0.05, 0) is 43.5 Å². The maximum Gasteiger partial charge on any atom is 0.246 e. The third kappa shape index (κ3) is 4.11. The van der Waals surface area contributed by atoms with Crippen molar-refractivity contribution in [1.82, 2.24) is 34.4 Å². The molecule has 10 nitrogen and oxygen atoms in total. The van der Waals surface area contributed by atoms with Gasteiger partial charge in [-0.3, -0.25) is 9.48 Å². The number of rotatable bonds is 5. The number of anilines is 1. The van der Waals surface area contributed by atoms with Gasteiger partial charge in [-0.15, -0.1) is 0 Å². The molecular weight excluding hydrogens is 444 g/mol. The summed E-state index contributed by atoms with van der Waals surface area (Å²) in [6, 6.07) is 5.71. The third-order valence-electron chi connectivity index (χ3n) is 6.27. The van der Waals surface area contributed by atoms with Crippen LogP contribution in [0.2, 0.25) is 0 Å². The number of amides is 1. The topological polar surface area (TPSA) is 117 Å². The van der Waals surface area contributed by atoms with E-state index in [-0.39, 0.29) is 18.0 Å². The van der Waals surface area contributed by atoms with E-state index in [9.17, 15) is 4.79 Å². The van der Waals surface area contributed by atoms with E-state index in [2.05, 4.69) is 40.4 Å². The molecule has 1 aromatic carbocycles. The van der Waals surface area contributed by atoms with Crippen LogP contribution in [0.5, 0.6) is 0 Å².